The summed E-state index contributed by atoms with van der Waals surface area (Å²) in [5.41, 5.74) is 6.29. The molecule has 0 fully saturated rings. The van der Waals surface area contributed by atoms with Gasteiger partial charge in [0, 0.05) is 12.5 Å². The summed E-state index contributed by atoms with van der Waals surface area (Å²) in [6, 6.07) is 7.04. The molecule has 0 spiro atoms. The Kier molecular flexibility index (Phi) is 5.69. The molecular formula is C21H22N2O6. The standard InChI is InChI=1S/C21H22N2O6/c1-5-6-12-9-14-18(21(24)28-12)17(13(10-22)20(23)29-14)11-7-15(25-2)19(27-4)16(8-11)26-3/h7-9,17H,5-6,23H2,1-4H3. The van der Waals surface area contributed by atoms with Crippen molar-refractivity contribution in [3.05, 3.63) is 57.0 Å². The lowest BCUT2D eigenvalue weighted by atomic mass is 9.84. The second-order valence-corrected chi connectivity index (χ2v) is 6.41. The number of methoxy groups -OCH3 is 3. The van der Waals surface area contributed by atoms with Crippen LogP contribution in [0.15, 0.2) is 38.9 Å². The van der Waals surface area contributed by atoms with Gasteiger partial charge in [-0.15, -0.1) is 0 Å². The molecule has 2 heterocycles. The molecule has 1 aromatic carbocycles. The first-order valence-corrected chi connectivity index (χ1v) is 9.03. The van der Waals surface area contributed by atoms with E-state index in [0.29, 0.717) is 35.0 Å². The van der Waals surface area contributed by atoms with E-state index in [2.05, 4.69) is 0 Å². The van der Waals surface area contributed by atoms with Crippen molar-refractivity contribution in [1.29, 1.82) is 5.26 Å². The van der Waals surface area contributed by atoms with Crippen LogP contribution in [0.3, 0.4) is 0 Å². The third-order valence-corrected chi connectivity index (χ3v) is 4.70. The Morgan fingerprint density at radius 1 is 1.14 bits per heavy atom. The molecule has 1 aliphatic heterocycles. The van der Waals surface area contributed by atoms with E-state index in [1.54, 1.807) is 18.2 Å². The fourth-order valence-corrected chi connectivity index (χ4v) is 3.42. The molecule has 1 unspecified atom stereocenters. The topological polar surface area (TPSA) is 117 Å². The second kappa shape index (κ2) is 8.19. The van der Waals surface area contributed by atoms with Gasteiger partial charge in [-0.05, 0) is 24.1 Å². The Labute approximate surface area is 168 Å². The molecule has 2 aromatic rings. The van der Waals surface area contributed by atoms with Gasteiger partial charge in [0.1, 0.15) is 23.2 Å². The maximum atomic E-state index is 12.8. The van der Waals surface area contributed by atoms with Crippen LogP contribution in [-0.2, 0) is 6.42 Å². The van der Waals surface area contributed by atoms with Crippen molar-refractivity contribution in [3.63, 3.8) is 0 Å². The number of nitriles is 1. The summed E-state index contributed by atoms with van der Waals surface area (Å²) in [6.45, 7) is 1.97. The number of rotatable bonds is 6. The third-order valence-electron chi connectivity index (χ3n) is 4.70. The van der Waals surface area contributed by atoms with Gasteiger partial charge in [0.2, 0.25) is 11.6 Å². The molecule has 1 aliphatic rings. The predicted molar refractivity (Wildman–Crippen MR) is 104 cm³/mol. The lowest BCUT2D eigenvalue weighted by molar-refractivity contribution is 0.323. The summed E-state index contributed by atoms with van der Waals surface area (Å²) in [5.74, 6) is 1.08. The number of aryl methyl sites for hydroxylation is 1. The molecule has 0 saturated carbocycles. The minimum atomic E-state index is -0.801. The lowest BCUT2D eigenvalue weighted by Crippen LogP contribution is -2.26. The van der Waals surface area contributed by atoms with Crippen LogP contribution in [0.1, 0.15) is 36.1 Å². The van der Waals surface area contributed by atoms with Crippen LogP contribution in [-0.4, -0.2) is 21.3 Å². The zero-order chi connectivity index (χ0) is 21.1. The van der Waals surface area contributed by atoms with Crippen molar-refractivity contribution >= 4 is 0 Å². The highest BCUT2D eigenvalue weighted by Crippen LogP contribution is 2.46. The highest BCUT2D eigenvalue weighted by atomic mass is 16.5. The van der Waals surface area contributed by atoms with Crippen molar-refractivity contribution in [3.8, 4) is 29.1 Å². The molecule has 8 heteroatoms. The fraction of sp³-hybridized carbons (Fsp3) is 0.333. The van der Waals surface area contributed by atoms with Gasteiger partial charge < -0.3 is 29.1 Å². The van der Waals surface area contributed by atoms with Crippen molar-refractivity contribution in [1.82, 2.24) is 0 Å². The maximum absolute atomic E-state index is 12.8. The van der Waals surface area contributed by atoms with E-state index in [0.717, 1.165) is 6.42 Å². The van der Waals surface area contributed by atoms with E-state index in [4.69, 9.17) is 29.1 Å². The van der Waals surface area contributed by atoms with E-state index in [1.165, 1.54) is 21.3 Å². The summed E-state index contributed by atoms with van der Waals surface area (Å²) in [7, 11) is 4.46. The number of benzene rings is 1. The molecule has 8 nitrogen and oxygen atoms in total. The Morgan fingerprint density at radius 2 is 1.79 bits per heavy atom. The van der Waals surface area contributed by atoms with Crippen molar-refractivity contribution in [2.75, 3.05) is 21.3 Å². The summed E-state index contributed by atoms with van der Waals surface area (Å²) in [5, 5.41) is 9.71. The van der Waals surface area contributed by atoms with Gasteiger partial charge in [0.05, 0.1) is 32.8 Å². The quantitative estimate of drug-likeness (QED) is 0.789. The average Bonchev–Trinajstić information content (AvgIpc) is 2.71. The van der Waals surface area contributed by atoms with E-state index in [9.17, 15) is 10.1 Å². The Morgan fingerprint density at radius 3 is 2.31 bits per heavy atom. The fourth-order valence-electron chi connectivity index (χ4n) is 3.42. The Hall–Kier alpha value is -3.60. The van der Waals surface area contributed by atoms with E-state index in [-0.39, 0.29) is 22.8 Å². The number of hydrogen-bond acceptors (Lipinski definition) is 8. The number of hydrogen-bond donors (Lipinski definition) is 1. The molecule has 0 amide bonds. The van der Waals surface area contributed by atoms with E-state index >= 15 is 0 Å². The van der Waals surface area contributed by atoms with Crippen LogP contribution in [0.2, 0.25) is 0 Å². The first-order chi connectivity index (χ1) is 14.0. The molecule has 0 radical (unpaired) electrons. The zero-order valence-electron chi connectivity index (χ0n) is 16.7. The number of ether oxygens (including phenoxy) is 4. The number of allylic oxidation sites excluding steroid dienone is 1. The first kappa shape index (κ1) is 20.1. The monoisotopic (exact) mass is 398 g/mol. The molecule has 2 N–H and O–H groups in total. The largest absolute Gasteiger partial charge is 0.493 e. The van der Waals surface area contributed by atoms with Crippen LogP contribution in [0.25, 0.3) is 0 Å². The van der Waals surface area contributed by atoms with Gasteiger partial charge >= 0.3 is 5.63 Å². The minimum absolute atomic E-state index is 0.0631. The van der Waals surface area contributed by atoms with Crippen molar-refractivity contribution < 1.29 is 23.4 Å². The molecular weight excluding hydrogens is 376 g/mol. The van der Waals surface area contributed by atoms with E-state index < -0.39 is 11.5 Å². The molecule has 0 bridgehead atoms. The second-order valence-electron chi connectivity index (χ2n) is 6.41. The normalized spacial score (nSPS) is 15.2. The predicted octanol–water partition coefficient (Wildman–Crippen LogP) is 2.84. The van der Waals surface area contributed by atoms with Gasteiger partial charge in [-0.3, -0.25) is 0 Å². The van der Waals surface area contributed by atoms with Crippen molar-refractivity contribution in [2.24, 2.45) is 5.73 Å². The van der Waals surface area contributed by atoms with Gasteiger partial charge in [-0.1, -0.05) is 6.92 Å². The molecule has 29 heavy (non-hydrogen) atoms. The summed E-state index contributed by atoms with van der Waals surface area (Å²) in [6.07, 6.45) is 1.38. The summed E-state index contributed by atoms with van der Waals surface area (Å²) >= 11 is 0. The van der Waals surface area contributed by atoms with Crippen LogP contribution in [0, 0.1) is 11.3 Å². The van der Waals surface area contributed by atoms with Gasteiger partial charge in [-0.25, -0.2) is 4.79 Å². The van der Waals surface area contributed by atoms with E-state index in [1.807, 2.05) is 13.0 Å². The van der Waals surface area contributed by atoms with Gasteiger partial charge in [0.15, 0.2) is 11.5 Å². The van der Waals surface area contributed by atoms with Crippen LogP contribution >= 0.6 is 0 Å². The summed E-state index contributed by atoms with van der Waals surface area (Å²) < 4.78 is 27.2. The maximum Gasteiger partial charge on any atom is 0.343 e. The van der Waals surface area contributed by atoms with Crippen molar-refractivity contribution in [2.45, 2.75) is 25.7 Å². The summed E-state index contributed by atoms with van der Waals surface area (Å²) in [4.78, 5) is 12.8. The highest BCUT2D eigenvalue weighted by Gasteiger charge is 2.35. The lowest BCUT2D eigenvalue weighted by Gasteiger charge is -2.26. The molecule has 152 valence electrons. The van der Waals surface area contributed by atoms with Gasteiger partial charge in [0.25, 0.3) is 0 Å². The zero-order valence-corrected chi connectivity index (χ0v) is 16.7. The number of fused-ring (bicyclic) bond motifs is 1. The SMILES string of the molecule is CCCc1cc2c(c(=O)o1)C(c1cc(OC)c(OC)c(OC)c1)C(C#N)=C(N)O2. The molecule has 3 rings (SSSR count). The first-order valence-electron chi connectivity index (χ1n) is 9.03. The Bertz CT molecular complexity index is 1040. The molecule has 0 saturated heterocycles. The highest BCUT2D eigenvalue weighted by molar-refractivity contribution is 5.60. The van der Waals surface area contributed by atoms with Crippen LogP contribution < -0.4 is 30.3 Å². The average molecular weight is 398 g/mol. The number of nitrogens with two attached hydrogens (primary N) is 1. The van der Waals surface area contributed by atoms with Gasteiger partial charge in [-0.2, -0.15) is 5.26 Å². The smallest absolute Gasteiger partial charge is 0.343 e. The molecule has 1 atom stereocenters. The Balaban J connectivity index is 2.29. The minimum Gasteiger partial charge on any atom is -0.493 e. The third kappa shape index (κ3) is 3.47. The molecule has 1 aromatic heterocycles. The molecule has 0 aliphatic carbocycles. The number of nitrogens with zero attached hydrogens (tertiary/aromatic N) is 1. The van der Waals surface area contributed by atoms with Crippen LogP contribution in [0.4, 0.5) is 0 Å². The van der Waals surface area contributed by atoms with Crippen LogP contribution in [0.5, 0.6) is 23.0 Å².